The van der Waals surface area contributed by atoms with Crippen LogP contribution in [0.3, 0.4) is 0 Å². The predicted octanol–water partition coefficient (Wildman–Crippen LogP) is 1.63. The summed E-state index contributed by atoms with van der Waals surface area (Å²) in [6, 6.07) is 7.73. The van der Waals surface area contributed by atoms with Crippen molar-refractivity contribution in [1.29, 1.82) is 0 Å². The van der Waals surface area contributed by atoms with Crippen LogP contribution in [0.4, 0.5) is 11.8 Å². The molecule has 1 amide bonds. The second kappa shape index (κ2) is 9.27. The van der Waals surface area contributed by atoms with E-state index in [9.17, 15) is 4.79 Å². The number of benzene rings is 1. The molecule has 9 nitrogen and oxygen atoms in total. The lowest BCUT2D eigenvalue weighted by molar-refractivity contribution is -0.126. The standard InChI is InChI=1S/C24H30N6O3/c1-18-15-22(28-9-7-27(2)8-10-28)26-24(25-18)30-13-11-29(12-14-30)23(31)6-4-19-3-5-20-21(16-19)33-17-32-20/h3-6,15-16H,7-14,17H2,1-2H3/b6-4+. The van der Waals surface area contributed by atoms with Crippen LogP contribution in [-0.2, 0) is 4.79 Å². The lowest BCUT2D eigenvalue weighted by Gasteiger charge is -2.36. The van der Waals surface area contributed by atoms with Crippen molar-refractivity contribution in [2.24, 2.45) is 0 Å². The molecule has 3 aliphatic rings. The van der Waals surface area contributed by atoms with Crippen molar-refractivity contribution in [2.75, 3.05) is 76.0 Å². The Balaban J connectivity index is 1.19. The third-order valence-corrected chi connectivity index (χ3v) is 6.35. The van der Waals surface area contributed by atoms with Gasteiger partial charge in [-0.15, -0.1) is 0 Å². The Kier molecular flexibility index (Phi) is 6.04. The zero-order valence-electron chi connectivity index (χ0n) is 19.2. The number of likely N-dealkylation sites (N-methyl/N-ethyl adjacent to an activating group) is 1. The fourth-order valence-electron chi connectivity index (χ4n) is 4.29. The molecule has 33 heavy (non-hydrogen) atoms. The van der Waals surface area contributed by atoms with Gasteiger partial charge in [0.05, 0.1) is 0 Å². The fourth-order valence-corrected chi connectivity index (χ4v) is 4.29. The summed E-state index contributed by atoms with van der Waals surface area (Å²) in [5.74, 6) is 3.22. The molecule has 0 radical (unpaired) electrons. The zero-order chi connectivity index (χ0) is 22.8. The maximum Gasteiger partial charge on any atom is 0.246 e. The molecule has 0 unspecified atom stereocenters. The lowest BCUT2D eigenvalue weighted by Crippen LogP contribution is -2.49. The van der Waals surface area contributed by atoms with Gasteiger partial charge in [0.2, 0.25) is 18.6 Å². The molecule has 4 heterocycles. The van der Waals surface area contributed by atoms with Gasteiger partial charge in [-0.1, -0.05) is 6.07 Å². The van der Waals surface area contributed by atoms with Crippen LogP contribution in [0.5, 0.6) is 11.5 Å². The van der Waals surface area contributed by atoms with Crippen LogP contribution < -0.4 is 19.3 Å². The Morgan fingerprint density at radius 2 is 1.64 bits per heavy atom. The molecule has 5 rings (SSSR count). The molecule has 0 aliphatic carbocycles. The Morgan fingerprint density at radius 1 is 0.909 bits per heavy atom. The van der Waals surface area contributed by atoms with E-state index in [0.717, 1.165) is 68.0 Å². The highest BCUT2D eigenvalue weighted by molar-refractivity contribution is 5.92. The minimum absolute atomic E-state index is 0.00982. The van der Waals surface area contributed by atoms with Crippen molar-refractivity contribution in [1.82, 2.24) is 19.8 Å². The predicted molar refractivity (Wildman–Crippen MR) is 127 cm³/mol. The summed E-state index contributed by atoms with van der Waals surface area (Å²) in [6.45, 7) is 9.02. The molecule has 2 aromatic rings. The van der Waals surface area contributed by atoms with Crippen molar-refractivity contribution in [2.45, 2.75) is 6.92 Å². The Hall–Kier alpha value is -3.33. The highest BCUT2D eigenvalue weighted by Crippen LogP contribution is 2.32. The van der Waals surface area contributed by atoms with E-state index in [-0.39, 0.29) is 12.7 Å². The minimum atomic E-state index is 0.00982. The Labute approximate surface area is 194 Å². The number of anilines is 2. The van der Waals surface area contributed by atoms with Gasteiger partial charge in [0, 0.05) is 70.2 Å². The SMILES string of the molecule is Cc1cc(N2CCN(C)CC2)nc(N2CCN(C(=O)/C=C/c3ccc4c(c3)OCO4)CC2)n1. The molecular weight excluding hydrogens is 420 g/mol. The lowest BCUT2D eigenvalue weighted by atomic mass is 10.2. The molecule has 1 aromatic heterocycles. The molecule has 0 saturated carbocycles. The highest BCUT2D eigenvalue weighted by atomic mass is 16.7. The normalized spacial score (nSPS) is 18.9. The van der Waals surface area contributed by atoms with Gasteiger partial charge in [-0.05, 0) is 37.7 Å². The van der Waals surface area contributed by atoms with Crippen LogP contribution in [0.25, 0.3) is 6.08 Å². The zero-order valence-corrected chi connectivity index (χ0v) is 19.2. The summed E-state index contributed by atoms with van der Waals surface area (Å²) in [4.78, 5) is 31.0. The molecule has 2 saturated heterocycles. The topological polar surface area (TPSA) is 74.3 Å². The van der Waals surface area contributed by atoms with E-state index in [2.05, 4.69) is 32.8 Å². The van der Waals surface area contributed by atoms with Crippen molar-refractivity contribution in [3.05, 3.63) is 41.6 Å². The summed E-state index contributed by atoms with van der Waals surface area (Å²) in [6.07, 6.45) is 3.45. The average molecular weight is 451 g/mol. The number of nitrogens with zero attached hydrogens (tertiary/aromatic N) is 6. The van der Waals surface area contributed by atoms with Crippen LogP contribution in [0, 0.1) is 6.92 Å². The van der Waals surface area contributed by atoms with Gasteiger partial charge in [-0.2, -0.15) is 4.98 Å². The molecule has 3 aliphatic heterocycles. The van der Waals surface area contributed by atoms with Crippen LogP contribution in [0.1, 0.15) is 11.3 Å². The number of aryl methyl sites for hydroxylation is 1. The molecule has 0 spiro atoms. The molecule has 9 heteroatoms. The molecular formula is C24H30N6O3. The number of piperazine rings is 2. The fraction of sp³-hybridized carbons (Fsp3) is 0.458. The van der Waals surface area contributed by atoms with E-state index in [1.165, 1.54) is 0 Å². The Bertz CT molecular complexity index is 1040. The number of fused-ring (bicyclic) bond motifs is 1. The van der Waals surface area contributed by atoms with Crippen molar-refractivity contribution in [3.8, 4) is 11.5 Å². The second-order valence-corrected chi connectivity index (χ2v) is 8.72. The Morgan fingerprint density at radius 3 is 2.42 bits per heavy atom. The molecule has 1 aromatic carbocycles. The smallest absolute Gasteiger partial charge is 0.246 e. The third-order valence-electron chi connectivity index (χ3n) is 6.35. The number of hydrogen-bond acceptors (Lipinski definition) is 8. The van der Waals surface area contributed by atoms with Crippen LogP contribution in [0.15, 0.2) is 30.3 Å². The van der Waals surface area contributed by atoms with Crippen LogP contribution >= 0.6 is 0 Å². The summed E-state index contributed by atoms with van der Waals surface area (Å²) in [7, 11) is 2.15. The highest BCUT2D eigenvalue weighted by Gasteiger charge is 2.23. The average Bonchev–Trinajstić information content (AvgIpc) is 3.31. The largest absolute Gasteiger partial charge is 0.454 e. The molecule has 0 N–H and O–H groups in total. The maximum atomic E-state index is 12.7. The maximum absolute atomic E-state index is 12.7. The third kappa shape index (κ3) is 4.88. The number of ether oxygens (including phenoxy) is 2. The number of aromatic nitrogens is 2. The number of rotatable bonds is 4. The van der Waals surface area contributed by atoms with Gasteiger partial charge in [0.15, 0.2) is 11.5 Å². The summed E-state index contributed by atoms with van der Waals surface area (Å²) in [5, 5.41) is 0. The van der Waals surface area contributed by atoms with Gasteiger partial charge in [0.1, 0.15) is 5.82 Å². The van der Waals surface area contributed by atoms with Gasteiger partial charge >= 0.3 is 0 Å². The molecule has 0 atom stereocenters. The van der Waals surface area contributed by atoms with E-state index < -0.39 is 0 Å². The first-order valence-corrected chi connectivity index (χ1v) is 11.5. The van der Waals surface area contributed by atoms with Gasteiger partial charge < -0.3 is 29.1 Å². The number of carbonyl (C=O) groups excluding carboxylic acids is 1. The summed E-state index contributed by atoms with van der Waals surface area (Å²) < 4.78 is 10.7. The molecule has 0 bridgehead atoms. The van der Waals surface area contributed by atoms with Gasteiger partial charge in [-0.3, -0.25) is 4.79 Å². The molecule has 174 valence electrons. The number of amides is 1. The van der Waals surface area contributed by atoms with Crippen molar-refractivity contribution < 1.29 is 14.3 Å². The van der Waals surface area contributed by atoms with Gasteiger partial charge in [-0.25, -0.2) is 4.98 Å². The molecule has 2 fully saturated rings. The first-order valence-electron chi connectivity index (χ1n) is 11.5. The van der Waals surface area contributed by atoms with Crippen LogP contribution in [-0.4, -0.2) is 91.9 Å². The second-order valence-electron chi connectivity index (χ2n) is 8.72. The summed E-state index contributed by atoms with van der Waals surface area (Å²) >= 11 is 0. The number of hydrogen-bond donors (Lipinski definition) is 0. The van der Waals surface area contributed by atoms with E-state index in [1.807, 2.05) is 36.1 Å². The van der Waals surface area contributed by atoms with E-state index >= 15 is 0 Å². The summed E-state index contributed by atoms with van der Waals surface area (Å²) in [5.41, 5.74) is 1.88. The van der Waals surface area contributed by atoms with Crippen molar-refractivity contribution >= 4 is 23.7 Å². The van der Waals surface area contributed by atoms with Crippen LogP contribution in [0.2, 0.25) is 0 Å². The quantitative estimate of drug-likeness (QED) is 0.651. The first kappa shape index (κ1) is 21.5. The van der Waals surface area contributed by atoms with Gasteiger partial charge in [0.25, 0.3) is 0 Å². The van der Waals surface area contributed by atoms with E-state index in [4.69, 9.17) is 14.5 Å². The van der Waals surface area contributed by atoms with E-state index in [1.54, 1.807) is 6.08 Å². The number of carbonyl (C=O) groups is 1. The minimum Gasteiger partial charge on any atom is -0.454 e. The monoisotopic (exact) mass is 450 g/mol. The van der Waals surface area contributed by atoms with E-state index in [0.29, 0.717) is 18.8 Å². The van der Waals surface area contributed by atoms with Crippen molar-refractivity contribution in [3.63, 3.8) is 0 Å². The first-order chi connectivity index (χ1) is 16.0.